The van der Waals surface area contributed by atoms with Gasteiger partial charge >= 0.3 is 0 Å². The summed E-state index contributed by atoms with van der Waals surface area (Å²) >= 11 is 3.38. The molecule has 2 rings (SSSR count). The molecule has 0 saturated heterocycles. The van der Waals surface area contributed by atoms with Crippen molar-refractivity contribution in [1.82, 2.24) is 0 Å². The van der Waals surface area contributed by atoms with Crippen LogP contribution in [0.3, 0.4) is 0 Å². The lowest BCUT2D eigenvalue weighted by atomic mass is 10.1. The second-order valence-electron chi connectivity index (χ2n) is 3.92. The highest BCUT2D eigenvalue weighted by Gasteiger charge is 2.25. The number of ketones is 1. The van der Waals surface area contributed by atoms with Gasteiger partial charge in [-0.25, -0.2) is 0 Å². The first-order valence-electron chi connectivity index (χ1n) is 5.07. The molecule has 3 heteroatoms. The van der Waals surface area contributed by atoms with Crippen molar-refractivity contribution in [1.29, 1.82) is 0 Å². The third kappa shape index (κ3) is 2.59. The topological polar surface area (TPSA) is 26.3 Å². The molecule has 0 atom stereocenters. The van der Waals surface area contributed by atoms with Crippen LogP contribution >= 0.6 is 15.9 Å². The number of Topliss-reactive ketones (excluding diaryl/α,β-unsaturated/α-hetero) is 1. The second kappa shape index (κ2) is 4.35. The minimum atomic E-state index is 0.237. The predicted molar refractivity (Wildman–Crippen MR) is 62.4 cm³/mol. The number of halogens is 1. The number of rotatable bonds is 4. The zero-order valence-corrected chi connectivity index (χ0v) is 10.2. The van der Waals surface area contributed by atoms with Crippen molar-refractivity contribution < 1.29 is 9.53 Å². The molecule has 1 aliphatic rings. The summed E-state index contributed by atoms with van der Waals surface area (Å²) in [7, 11) is 1.62. The van der Waals surface area contributed by atoms with Crippen LogP contribution in [0.2, 0.25) is 0 Å². The van der Waals surface area contributed by atoms with Gasteiger partial charge in [-0.2, -0.15) is 0 Å². The van der Waals surface area contributed by atoms with E-state index in [1.165, 1.54) is 12.8 Å². The molecule has 0 radical (unpaired) electrons. The van der Waals surface area contributed by atoms with Gasteiger partial charge < -0.3 is 4.74 Å². The molecule has 2 nitrogen and oxygen atoms in total. The molecule has 0 amide bonds. The Bertz CT molecular complexity index is 383. The number of hydrogen-bond donors (Lipinski definition) is 0. The van der Waals surface area contributed by atoms with Crippen LogP contribution in [0.5, 0.6) is 5.75 Å². The average molecular weight is 269 g/mol. The molecule has 15 heavy (non-hydrogen) atoms. The van der Waals surface area contributed by atoms with E-state index in [1.807, 2.05) is 18.2 Å². The molecule has 1 aromatic rings. The highest BCUT2D eigenvalue weighted by Crippen LogP contribution is 2.34. The van der Waals surface area contributed by atoms with E-state index in [0.29, 0.717) is 12.3 Å². The SMILES string of the molecule is COc1ccc(C(=O)CC2CC2)cc1Br. The van der Waals surface area contributed by atoms with Gasteiger partial charge in [-0.3, -0.25) is 4.79 Å². The summed E-state index contributed by atoms with van der Waals surface area (Å²) < 4.78 is 5.95. The van der Waals surface area contributed by atoms with Crippen LogP contribution in [0, 0.1) is 5.92 Å². The highest BCUT2D eigenvalue weighted by molar-refractivity contribution is 9.10. The molecule has 80 valence electrons. The van der Waals surface area contributed by atoms with Crippen LogP contribution in [0.4, 0.5) is 0 Å². The first kappa shape index (κ1) is 10.7. The standard InChI is InChI=1S/C12H13BrO2/c1-15-12-5-4-9(7-10(12)13)11(14)6-8-2-3-8/h4-5,7-8H,2-3,6H2,1H3. The molecule has 0 bridgehead atoms. The van der Waals surface area contributed by atoms with E-state index in [2.05, 4.69) is 15.9 Å². The summed E-state index contributed by atoms with van der Waals surface area (Å²) in [5.74, 6) is 1.64. The summed E-state index contributed by atoms with van der Waals surface area (Å²) in [5.41, 5.74) is 0.773. The summed E-state index contributed by atoms with van der Waals surface area (Å²) in [6, 6.07) is 5.49. The van der Waals surface area contributed by atoms with Gasteiger partial charge in [0.25, 0.3) is 0 Å². The van der Waals surface area contributed by atoms with Crippen LogP contribution in [-0.2, 0) is 0 Å². The molecule has 1 aromatic carbocycles. The molecule has 1 saturated carbocycles. The number of carbonyl (C=O) groups excluding carboxylic acids is 1. The van der Waals surface area contributed by atoms with E-state index < -0.39 is 0 Å². The van der Waals surface area contributed by atoms with Crippen molar-refractivity contribution in [2.75, 3.05) is 7.11 Å². The van der Waals surface area contributed by atoms with Gasteiger partial charge in [-0.1, -0.05) is 0 Å². The smallest absolute Gasteiger partial charge is 0.163 e. The fourth-order valence-electron chi connectivity index (χ4n) is 1.54. The molecule has 0 aromatic heterocycles. The van der Waals surface area contributed by atoms with Crippen molar-refractivity contribution in [3.63, 3.8) is 0 Å². The maximum atomic E-state index is 11.8. The van der Waals surface area contributed by atoms with E-state index in [4.69, 9.17) is 4.74 Å². The van der Waals surface area contributed by atoms with Crippen LogP contribution in [0.15, 0.2) is 22.7 Å². The minimum absolute atomic E-state index is 0.237. The normalized spacial score (nSPS) is 15.1. The molecule has 0 spiro atoms. The van der Waals surface area contributed by atoms with E-state index in [1.54, 1.807) is 7.11 Å². The zero-order chi connectivity index (χ0) is 10.8. The fourth-order valence-corrected chi connectivity index (χ4v) is 2.08. The van der Waals surface area contributed by atoms with Crippen LogP contribution < -0.4 is 4.74 Å². The number of benzene rings is 1. The van der Waals surface area contributed by atoms with Gasteiger partial charge in [0.15, 0.2) is 5.78 Å². The van der Waals surface area contributed by atoms with E-state index in [0.717, 1.165) is 15.8 Å². The van der Waals surface area contributed by atoms with E-state index in [-0.39, 0.29) is 5.78 Å². The van der Waals surface area contributed by atoms with Crippen molar-refractivity contribution >= 4 is 21.7 Å². The molecule has 0 aliphatic heterocycles. The van der Waals surface area contributed by atoms with Crippen molar-refractivity contribution in [3.8, 4) is 5.75 Å². The Kier molecular flexibility index (Phi) is 3.10. The van der Waals surface area contributed by atoms with Gasteiger partial charge in [0.1, 0.15) is 5.75 Å². The Balaban J connectivity index is 2.13. The Morgan fingerprint density at radius 3 is 2.80 bits per heavy atom. The molecule has 1 aliphatic carbocycles. The Morgan fingerprint density at radius 2 is 2.27 bits per heavy atom. The zero-order valence-electron chi connectivity index (χ0n) is 8.63. The summed E-state index contributed by atoms with van der Waals surface area (Å²) in [5, 5.41) is 0. The molecule has 0 heterocycles. The van der Waals surface area contributed by atoms with Crippen LogP contribution in [0.1, 0.15) is 29.6 Å². The number of carbonyl (C=O) groups is 1. The quantitative estimate of drug-likeness (QED) is 0.782. The average Bonchev–Trinajstić information content (AvgIpc) is 3.01. The van der Waals surface area contributed by atoms with Gasteiger partial charge in [-0.05, 0) is 52.9 Å². The molecular weight excluding hydrogens is 256 g/mol. The van der Waals surface area contributed by atoms with Crippen molar-refractivity contribution in [2.24, 2.45) is 5.92 Å². The van der Waals surface area contributed by atoms with Crippen LogP contribution in [-0.4, -0.2) is 12.9 Å². The first-order valence-corrected chi connectivity index (χ1v) is 5.86. The molecule has 1 fully saturated rings. The van der Waals surface area contributed by atoms with E-state index >= 15 is 0 Å². The Hall–Kier alpha value is -0.830. The number of methoxy groups -OCH3 is 1. The third-order valence-corrected chi connectivity index (χ3v) is 3.26. The lowest BCUT2D eigenvalue weighted by Crippen LogP contribution is -2.00. The monoisotopic (exact) mass is 268 g/mol. The fraction of sp³-hybridized carbons (Fsp3) is 0.417. The van der Waals surface area contributed by atoms with Crippen molar-refractivity contribution in [2.45, 2.75) is 19.3 Å². The minimum Gasteiger partial charge on any atom is -0.496 e. The first-order chi connectivity index (χ1) is 7.20. The lowest BCUT2D eigenvalue weighted by molar-refractivity contribution is 0.0976. The number of ether oxygens (including phenoxy) is 1. The predicted octanol–water partition coefficient (Wildman–Crippen LogP) is 3.44. The Morgan fingerprint density at radius 1 is 1.53 bits per heavy atom. The summed E-state index contributed by atoms with van der Waals surface area (Å²) in [6.07, 6.45) is 3.12. The lowest BCUT2D eigenvalue weighted by Gasteiger charge is -2.05. The van der Waals surface area contributed by atoms with Gasteiger partial charge in [0.2, 0.25) is 0 Å². The Labute approximate surface area is 97.8 Å². The highest BCUT2D eigenvalue weighted by atomic mass is 79.9. The number of hydrogen-bond acceptors (Lipinski definition) is 2. The second-order valence-corrected chi connectivity index (χ2v) is 4.77. The summed E-state index contributed by atoms with van der Waals surface area (Å²) in [4.78, 5) is 11.8. The van der Waals surface area contributed by atoms with Crippen LogP contribution in [0.25, 0.3) is 0 Å². The van der Waals surface area contributed by atoms with Crippen molar-refractivity contribution in [3.05, 3.63) is 28.2 Å². The van der Waals surface area contributed by atoms with Gasteiger partial charge in [0, 0.05) is 12.0 Å². The molecule has 0 unspecified atom stereocenters. The maximum absolute atomic E-state index is 11.8. The molecule has 0 N–H and O–H groups in total. The maximum Gasteiger partial charge on any atom is 0.163 e. The van der Waals surface area contributed by atoms with Gasteiger partial charge in [0.05, 0.1) is 11.6 Å². The largest absolute Gasteiger partial charge is 0.496 e. The molecular formula is C12H13BrO2. The third-order valence-electron chi connectivity index (χ3n) is 2.64. The summed E-state index contributed by atoms with van der Waals surface area (Å²) in [6.45, 7) is 0. The van der Waals surface area contributed by atoms with E-state index in [9.17, 15) is 4.79 Å². The van der Waals surface area contributed by atoms with Gasteiger partial charge in [-0.15, -0.1) is 0 Å².